The van der Waals surface area contributed by atoms with E-state index < -0.39 is 0 Å². The number of aryl methyl sites for hydroxylation is 1. The van der Waals surface area contributed by atoms with Crippen LogP contribution in [0.15, 0.2) is 24.4 Å². The molecule has 2 aliphatic heterocycles. The van der Waals surface area contributed by atoms with E-state index in [9.17, 15) is 4.79 Å². The number of nitrogens with one attached hydrogen (secondary N) is 1. The first kappa shape index (κ1) is 19.6. The van der Waals surface area contributed by atoms with Crippen molar-refractivity contribution < 1.29 is 9.53 Å². The van der Waals surface area contributed by atoms with Gasteiger partial charge >= 0.3 is 0 Å². The Balaban J connectivity index is 1.38. The molecule has 0 spiro atoms. The van der Waals surface area contributed by atoms with Crippen molar-refractivity contribution in [2.45, 2.75) is 32.7 Å². The molecule has 7 heteroatoms. The number of piperazine rings is 1. The number of carbonyl (C=O) groups is 1. The molecule has 4 rings (SSSR count). The van der Waals surface area contributed by atoms with Crippen LogP contribution < -0.4 is 15.0 Å². The van der Waals surface area contributed by atoms with Gasteiger partial charge < -0.3 is 15.0 Å². The predicted molar refractivity (Wildman–Crippen MR) is 112 cm³/mol. The topological polar surface area (TPSA) is 70.6 Å². The van der Waals surface area contributed by atoms with Crippen LogP contribution in [0, 0.1) is 6.92 Å². The molecular weight excluding hydrogens is 366 g/mol. The lowest BCUT2D eigenvalue weighted by Crippen LogP contribution is -2.47. The third-order valence-electron chi connectivity index (χ3n) is 6.00. The number of hydrogen-bond donors (Lipinski definition) is 1. The van der Waals surface area contributed by atoms with E-state index in [1.165, 1.54) is 11.1 Å². The maximum absolute atomic E-state index is 10.5. The van der Waals surface area contributed by atoms with Gasteiger partial charge in [0, 0.05) is 57.8 Å². The van der Waals surface area contributed by atoms with Gasteiger partial charge in [0.15, 0.2) is 0 Å². The quantitative estimate of drug-likeness (QED) is 0.570. The number of aromatic nitrogens is 2. The zero-order chi connectivity index (χ0) is 20.2. The normalized spacial score (nSPS) is 17.5. The highest BCUT2D eigenvalue weighted by Crippen LogP contribution is 2.31. The number of rotatable bonds is 7. The van der Waals surface area contributed by atoms with Crippen molar-refractivity contribution in [1.82, 2.24) is 20.2 Å². The Kier molecular flexibility index (Phi) is 5.94. The average molecular weight is 396 g/mol. The molecule has 2 aromatic rings. The summed E-state index contributed by atoms with van der Waals surface area (Å²) in [4.78, 5) is 24.5. The second-order valence-electron chi connectivity index (χ2n) is 7.79. The lowest BCUT2D eigenvalue weighted by atomic mass is 10.0. The van der Waals surface area contributed by atoms with Crippen LogP contribution >= 0.6 is 0 Å². The molecule has 1 saturated heterocycles. The Labute approximate surface area is 172 Å². The van der Waals surface area contributed by atoms with Gasteiger partial charge in [-0.3, -0.25) is 9.69 Å². The highest BCUT2D eigenvalue weighted by Gasteiger charge is 2.25. The monoisotopic (exact) mass is 395 g/mol. The van der Waals surface area contributed by atoms with Crippen molar-refractivity contribution >= 4 is 12.4 Å². The van der Waals surface area contributed by atoms with E-state index in [2.05, 4.69) is 45.2 Å². The van der Waals surface area contributed by atoms with Gasteiger partial charge in [-0.25, -0.2) is 9.97 Å². The SMILES string of the molecule is Cc1cnc(N2CCN(C(C)c3ccc4c(c3)OCC4)CC2)nc1CCNC=O. The molecule has 1 aromatic carbocycles. The molecule has 0 saturated carbocycles. The summed E-state index contributed by atoms with van der Waals surface area (Å²) < 4.78 is 5.74. The molecule has 2 aliphatic rings. The minimum absolute atomic E-state index is 0.357. The number of benzene rings is 1. The third-order valence-corrected chi connectivity index (χ3v) is 6.00. The van der Waals surface area contributed by atoms with Gasteiger partial charge in [0.2, 0.25) is 12.4 Å². The fourth-order valence-electron chi connectivity index (χ4n) is 4.08. The van der Waals surface area contributed by atoms with Gasteiger partial charge in [-0.2, -0.15) is 0 Å². The van der Waals surface area contributed by atoms with Crippen molar-refractivity contribution in [3.05, 3.63) is 46.8 Å². The molecule has 1 unspecified atom stereocenters. The highest BCUT2D eigenvalue weighted by atomic mass is 16.5. The molecule has 3 heterocycles. The van der Waals surface area contributed by atoms with Gasteiger partial charge in [0.05, 0.1) is 12.3 Å². The summed E-state index contributed by atoms with van der Waals surface area (Å²) in [6.45, 7) is 9.43. The Morgan fingerprint density at radius 2 is 2.10 bits per heavy atom. The molecule has 1 fully saturated rings. The fourth-order valence-corrected chi connectivity index (χ4v) is 4.08. The molecule has 0 aliphatic carbocycles. The van der Waals surface area contributed by atoms with Crippen LogP contribution in [0.2, 0.25) is 0 Å². The summed E-state index contributed by atoms with van der Waals surface area (Å²) in [7, 11) is 0. The van der Waals surface area contributed by atoms with E-state index in [1.54, 1.807) is 0 Å². The molecular formula is C22H29N5O2. The third kappa shape index (κ3) is 4.34. The summed E-state index contributed by atoms with van der Waals surface area (Å²) in [5.74, 6) is 1.84. The van der Waals surface area contributed by atoms with Crippen LogP contribution in [-0.2, 0) is 17.6 Å². The van der Waals surface area contributed by atoms with Crippen LogP contribution in [0.3, 0.4) is 0 Å². The van der Waals surface area contributed by atoms with Crippen molar-refractivity contribution in [3.8, 4) is 5.75 Å². The standard InChI is InChI=1S/C22H29N5O2/c1-16-14-24-22(25-20(16)5-7-23-15-28)27-10-8-26(9-11-27)17(2)19-4-3-18-6-12-29-21(18)13-19/h3-4,13-15,17H,5-12H2,1-2H3,(H,23,28). The van der Waals surface area contributed by atoms with Crippen molar-refractivity contribution in [1.29, 1.82) is 0 Å². The Morgan fingerprint density at radius 3 is 2.90 bits per heavy atom. The zero-order valence-electron chi connectivity index (χ0n) is 17.2. The van der Waals surface area contributed by atoms with Crippen LogP contribution in [0.1, 0.15) is 35.3 Å². The van der Waals surface area contributed by atoms with E-state index in [1.807, 2.05) is 13.1 Å². The second-order valence-corrected chi connectivity index (χ2v) is 7.79. The predicted octanol–water partition coefficient (Wildman–Crippen LogP) is 1.89. The van der Waals surface area contributed by atoms with Crippen molar-refractivity contribution in [2.24, 2.45) is 0 Å². The molecule has 1 aromatic heterocycles. The highest BCUT2D eigenvalue weighted by molar-refractivity contribution is 5.46. The number of amides is 1. The van der Waals surface area contributed by atoms with Crippen LogP contribution in [0.25, 0.3) is 0 Å². The molecule has 1 N–H and O–H groups in total. The number of nitrogens with zero attached hydrogens (tertiary/aromatic N) is 4. The lowest BCUT2D eigenvalue weighted by Gasteiger charge is -2.38. The van der Waals surface area contributed by atoms with Gasteiger partial charge in [-0.1, -0.05) is 12.1 Å². The number of carbonyl (C=O) groups excluding carboxylic acids is 1. The van der Waals surface area contributed by atoms with Crippen LogP contribution in [0.4, 0.5) is 5.95 Å². The molecule has 0 radical (unpaired) electrons. The summed E-state index contributed by atoms with van der Waals surface area (Å²) in [6.07, 6.45) is 4.35. The molecule has 7 nitrogen and oxygen atoms in total. The number of ether oxygens (including phenoxy) is 1. The first-order valence-electron chi connectivity index (χ1n) is 10.4. The van der Waals surface area contributed by atoms with E-state index in [0.717, 1.165) is 75.0 Å². The van der Waals surface area contributed by atoms with Gasteiger partial charge in [-0.05, 0) is 36.6 Å². The van der Waals surface area contributed by atoms with E-state index >= 15 is 0 Å². The summed E-state index contributed by atoms with van der Waals surface area (Å²) in [5, 5.41) is 2.70. The van der Waals surface area contributed by atoms with E-state index in [0.29, 0.717) is 12.6 Å². The van der Waals surface area contributed by atoms with E-state index in [-0.39, 0.29) is 0 Å². The van der Waals surface area contributed by atoms with Gasteiger partial charge in [0.1, 0.15) is 5.75 Å². The minimum atomic E-state index is 0.357. The van der Waals surface area contributed by atoms with Crippen LogP contribution in [0.5, 0.6) is 5.75 Å². The Morgan fingerprint density at radius 1 is 1.28 bits per heavy atom. The Bertz CT molecular complexity index is 864. The molecule has 1 amide bonds. The summed E-state index contributed by atoms with van der Waals surface area (Å²) >= 11 is 0. The average Bonchev–Trinajstić information content (AvgIpc) is 3.23. The lowest BCUT2D eigenvalue weighted by molar-refractivity contribution is -0.109. The van der Waals surface area contributed by atoms with Crippen LogP contribution in [-0.4, -0.2) is 60.6 Å². The molecule has 29 heavy (non-hydrogen) atoms. The summed E-state index contributed by atoms with van der Waals surface area (Å²) in [6, 6.07) is 7.02. The largest absolute Gasteiger partial charge is 0.493 e. The number of fused-ring (bicyclic) bond motifs is 1. The second kappa shape index (κ2) is 8.78. The first-order valence-corrected chi connectivity index (χ1v) is 10.4. The van der Waals surface area contributed by atoms with E-state index in [4.69, 9.17) is 9.72 Å². The molecule has 154 valence electrons. The smallest absolute Gasteiger partial charge is 0.225 e. The van der Waals surface area contributed by atoms with Gasteiger partial charge in [-0.15, -0.1) is 0 Å². The van der Waals surface area contributed by atoms with Gasteiger partial charge in [0.25, 0.3) is 0 Å². The van der Waals surface area contributed by atoms with Crippen molar-refractivity contribution in [3.63, 3.8) is 0 Å². The maximum Gasteiger partial charge on any atom is 0.225 e. The fraction of sp³-hybridized carbons (Fsp3) is 0.500. The first-order chi connectivity index (χ1) is 14.2. The Hall–Kier alpha value is -2.67. The minimum Gasteiger partial charge on any atom is -0.493 e. The van der Waals surface area contributed by atoms with Crippen molar-refractivity contribution in [2.75, 3.05) is 44.2 Å². The maximum atomic E-state index is 10.5. The molecule has 0 bridgehead atoms. The number of hydrogen-bond acceptors (Lipinski definition) is 6. The number of anilines is 1. The molecule has 1 atom stereocenters. The summed E-state index contributed by atoms with van der Waals surface area (Å²) in [5.41, 5.74) is 4.70. The zero-order valence-corrected chi connectivity index (χ0v) is 17.2.